The zero-order valence-corrected chi connectivity index (χ0v) is 27.7. The van der Waals surface area contributed by atoms with Gasteiger partial charge in [0.2, 0.25) is 11.8 Å². The average molecular weight is 662 g/mol. The number of aliphatic imine (C=N–C) groups is 1. The predicted molar refractivity (Wildman–Crippen MR) is 183 cm³/mol. The molecule has 2 amide bonds. The fourth-order valence-corrected chi connectivity index (χ4v) is 6.82. The maximum atomic E-state index is 13.8. The molecule has 2 aliphatic rings. The Morgan fingerprint density at radius 2 is 2.02 bits per heavy atom. The van der Waals surface area contributed by atoms with Crippen molar-refractivity contribution in [2.24, 2.45) is 16.6 Å². The predicted octanol–water partition coefficient (Wildman–Crippen LogP) is 2.36. The van der Waals surface area contributed by atoms with Gasteiger partial charge in [-0.05, 0) is 76.7 Å². The summed E-state index contributed by atoms with van der Waals surface area (Å²) in [6.45, 7) is 6.84. The van der Waals surface area contributed by atoms with E-state index in [1.165, 1.54) is 24.3 Å². The van der Waals surface area contributed by atoms with Crippen molar-refractivity contribution < 1.29 is 19.0 Å². The number of carbonyl (C=O) groups is 2. The highest BCUT2D eigenvalue weighted by molar-refractivity contribution is 7.14. The third-order valence-corrected chi connectivity index (χ3v) is 9.76. The third kappa shape index (κ3) is 7.56. The van der Waals surface area contributed by atoms with E-state index in [4.69, 9.17) is 16.9 Å². The van der Waals surface area contributed by atoms with E-state index < -0.39 is 5.82 Å². The molecule has 1 fully saturated rings. The molecule has 0 bridgehead atoms. The third-order valence-electron chi connectivity index (χ3n) is 8.63. The molecule has 0 radical (unpaired) electrons. The lowest BCUT2D eigenvalue weighted by Gasteiger charge is -2.32. The SMILES string of the molecule is CCN(C(=O)[C@@H]1CCN(C(C)C(=O)N2CC=C(c3[nH+]cc(/C(N)=N/CNC)s3)CC2)C1)c1ccc(N)c(C(=N)c2ccc(F)cc2)n1. The number of pyridine rings is 1. The molecule has 4 heterocycles. The van der Waals surface area contributed by atoms with E-state index in [9.17, 15) is 14.0 Å². The number of nitrogens with zero attached hydrogens (tertiary/aromatic N) is 5. The monoisotopic (exact) mass is 661 g/mol. The van der Waals surface area contributed by atoms with Crippen molar-refractivity contribution in [1.29, 1.82) is 5.41 Å². The van der Waals surface area contributed by atoms with Gasteiger partial charge in [-0.15, -0.1) is 0 Å². The molecule has 0 spiro atoms. The Morgan fingerprint density at radius 1 is 1.26 bits per heavy atom. The van der Waals surface area contributed by atoms with E-state index in [0.717, 1.165) is 21.9 Å². The molecule has 2 aromatic heterocycles. The number of H-pyrrole nitrogens is 1. The number of thiazole rings is 1. The number of anilines is 2. The van der Waals surface area contributed by atoms with Crippen LogP contribution >= 0.6 is 11.3 Å². The second-order valence-corrected chi connectivity index (χ2v) is 12.7. The lowest BCUT2D eigenvalue weighted by atomic mass is 10.1. The average Bonchev–Trinajstić information content (AvgIpc) is 3.79. The lowest BCUT2D eigenvalue weighted by Crippen LogP contribution is -2.48. The van der Waals surface area contributed by atoms with Crippen LogP contribution in [0.3, 0.4) is 0 Å². The summed E-state index contributed by atoms with van der Waals surface area (Å²) in [5.41, 5.74) is 14.4. The zero-order chi connectivity index (χ0) is 33.7. The van der Waals surface area contributed by atoms with Crippen LogP contribution in [0.4, 0.5) is 15.9 Å². The summed E-state index contributed by atoms with van der Waals surface area (Å²) in [5.74, 6) is 0.141. The number of likely N-dealkylation sites (tertiary alicyclic amines) is 1. The molecular weight excluding hydrogens is 619 g/mol. The number of amidine groups is 1. The number of hydrogen-bond donors (Lipinski definition) is 4. The summed E-state index contributed by atoms with van der Waals surface area (Å²) >= 11 is 1.55. The molecule has 2 atom stereocenters. The molecule has 248 valence electrons. The Labute approximate surface area is 277 Å². The van der Waals surface area contributed by atoms with Gasteiger partial charge >= 0.3 is 0 Å². The highest BCUT2D eigenvalue weighted by Gasteiger charge is 2.37. The quantitative estimate of drug-likeness (QED) is 0.181. The number of nitrogens with one attached hydrogen (secondary N) is 3. The van der Waals surface area contributed by atoms with E-state index >= 15 is 0 Å². The first-order valence-corrected chi connectivity index (χ1v) is 16.5. The summed E-state index contributed by atoms with van der Waals surface area (Å²) < 4.78 is 13.4. The summed E-state index contributed by atoms with van der Waals surface area (Å²) in [5, 5.41) is 12.6. The first-order valence-electron chi connectivity index (χ1n) is 15.7. The first-order chi connectivity index (χ1) is 22.6. The van der Waals surface area contributed by atoms with Crippen LogP contribution in [0.2, 0.25) is 0 Å². The van der Waals surface area contributed by atoms with E-state index in [1.54, 1.807) is 28.4 Å². The van der Waals surface area contributed by atoms with E-state index in [-0.39, 0.29) is 35.2 Å². The summed E-state index contributed by atoms with van der Waals surface area (Å²) in [6, 6.07) is 8.51. The highest BCUT2D eigenvalue weighted by Crippen LogP contribution is 2.28. The molecule has 1 unspecified atom stereocenters. The van der Waals surface area contributed by atoms with Gasteiger partial charge in [0.1, 0.15) is 28.0 Å². The molecule has 0 aliphatic carbocycles. The van der Waals surface area contributed by atoms with Gasteiger partial charge in [0.05, 0.1) is 30.0 Å². The largest absolute Gasteiger partial charge is 0.397 e. The number of nitrogen functional groups attached to an aromatic ring is 1. The molecule has 1 saturated heterocycles. The van der Waals surface area contributed by atoms with Gasteiger partial charge < -0.3 is 21.7 Å². The molecule has 5 rings (SSSR count). The maximum Gasteiger partial charge on any atom is 0.263 e. The molecule has 47 heavy (non-hydrogen) atoms. The van der Waals surface area contributed by atoms with Gasteiger partial charge in [0.25, 0.3) is 5.01 Å². The van der Waals surface area contributed by atoms with Crippen LogP contribution in [0.5, 0.6) is 0 Å². The van der Waals surface area contributed by atoms with Gasteiger partial charge in [-0.2, -0.15) is 0 Å². The van der Waals surface area contributed by atoms with Crippen LogP contribution in [-0.4, -0.2) is 90.6 Å². The second kappa shape index (κ2) is 14.9. The van der Waals surface area contributed by atoms with Gasteiger partial charge in [-0.3, -0.25) is 29.8 Å². The molecule has 2 aliphatic heterocycles. The van der Waals surface area contributed by atoms with Crippen LogP contribution in [0.25, 0.3) is 5.57 Å². The van der Waals surface area contributed by atoms with Gasteiger partial charge in [-0.1, -0.05) is 17.4 Å². The smallest absolute Gasteiger partial charge is 0.263 e. The number of carbonyl (C=O) groups excluding carboxylic acids is 2. The van der Waals surface area contributed by atoms with Crippen LogP contribution in [0, 0.1) is 17.1 Å². The Hall–Kier alpha value is -4.53. The lowest BCUT2D eigenvalue weighted by molar-refractivity contribution is -0.374. The fraction of sp³-hybridized carbons (Fsp3) is 0.394. The normalized spacial score (nSPS) is 17.8. The number of rotatable bonds is 11. The maximum absolute atomic E-state index is 13.8. The van der Waals surface area contributed by atoms with Crippen LogP contribution in [-0.2, 0) is 9.59 Å². The van der Waals surface area contributed by atoms with Crippen molar-refractivity contribution in [2.45, 2.75) is 32.7 Å². The zero-order valence-electron chi connectivity index (χ0n) is 26.9. The number of aromatic amines is 1. The number of benzene rings is 1. The molecule has 12 nitrogen and oxygen atoms in total. The second-order valence-electron chi connectivity index (χ2n) is 11.6. The fourth-order valence-electron chi connectivity index (χ4n) is 5.88. The minimum absolute atomic E-state index is 0.0455. The van der Waals surface area contributed by atoms with Crippen molar-refractivity contribution in [3.8, 4) is 0 Å². The standard InChI is InChI=1S/C33H41FN10O2S/c1-4-44(27-10-9-25(35)29(41-27)28(36)21-5-7-24(34)8-6-21)33(46)23-13-16-43(18-23)20(2)32(45)42-14-11-22(12-15-42)31-39-17-26(47-31)30(37)40-19-38-3/h5-11,17,20,23,36,38H,4,12-16,18-19,35H2,1-3H3,(H2,37,40)/p+1/t20?,23-/m1/s1. The van der Waals surface area contributed by atoms with Crippen molar-refractivity contribution in [2.75, 3.05) is 57.1 Å². The van der Waals surface area contributed by atoms with Crippen LogP contribution < -0.4 is 26.7 Å². The van der Waals surface area contributed by atoms with E-state index in [0.29, 0.717) is 68.7 Å². The molecule has 0 saturated carbocycles. The number of halogens is 1. The molecular formula is C33H42FN10O2S+. The number of aromatic nitrogens is 2. The van der Waals surface area contributed by atoms with Crippen molar-refractivity contribution in [3.05, 3.63) is 75.6 Å². The molecule has 3 aromatic rings. The van der Waals surface area contributed by atoms with Crippen LogP contribution in [0.15, 0.2) is 53.7 Å². The van der Waals surface area contributed by atoms with Gasteiger partial charge in [-0.25, -0.2) is 14.4 Å². The Balaban J connectivity index is 1.20. The Kier molecular flexibility index (Phi) is 10.7. The summed E-state index contributed by atoms with van der Waals surface area (Å²) in [6.07, 6.45) is 5.30. The molecule has 1 aromatic carbocycles. The van der Waals surface area contributed by atoms with E-state index in [1.807, 2.05) is 32.0 Å². The first kappa shape index (κ1) is 33.8. The van der Waals surface area contributed by atoms with E-state index in [2.05, 4.69) is 31.3 Å². The minimum Gasteiger partial charge on any atom is -0.397 e. The number of nitrogens with two attached hydrogens (primary N) is 2. The minimum atomic E-state index is -0.400. The Morgan fingerprint density at radius 3 is 2.70 bits per heavy atom. The topological polar surface area (TPSA) is 171 Å². The van der Waals surface area contributed by atoms with Crippen molar-refractivity contribution >= 4 is 51.8 Å². The Bertz CT molecular complexity index is 1690. The number of amides is 2. The van der Waals surface area contributed by atoms with Gasteiger partial charge in [0, 0.05) is 37.3 Å². The van der Waals surface area contributed by atoms with Crippen LogP contribution in [0.1, 0.15) is 47.8 Å². The van der Waals surface area contributed by atoms with Gasteiger partial charge in [0.15, 0.2) is 6.20 Å². The summed E-state index contributed by atoms with van der Waals surface area (Å²) in [7, 11) is 1.81. The van der Waals surface area contributed by atoms with Crippen molar-refractivity contribution in [3.63, 3.8) is 0 Å². The molecule has 7 N–H and O–H groups in total. The highest BCUT2D eigenvalue weighted by atomic mass is 32.1. The van der Waals surface area contributed by atoms with Crippen molar-refractivity contribution in [1.82, 2.24) is 20.1 Å². The molecule has 14 heteroatoms. The number of hydrogen-bond acceptors (Lipinski definition) is 9. The summed E-state index contributed by atoms with van der Waals surface area (Å²) in [4.78, 5) is 45.9.